The predicted molar refractivity (Wildman–Crippen MR) is 143 cm³/mol. The van der Waals surface area contributed by atoms with Gasteiger partial charge in [-0.2, -0.15) is 21.6 Å². The average Bonchev–Trinajstić information content (AvgIpc) is 3.43. The van der Waals surface area contributed by atoms with Gasteiger partial charge in [0, 0.05) is 23.7 Å². The van der Waals surface area contributed by atoms with E-state index in [0.717, 1.165) is 29.5 Å². The van der Waals surface area contributed by atoms with Crippen LogP contribution in [0.2, 0.25) is 5.02 Å². The number of carbonyl (C=O) groups excluding carboxylic acids is 1. The lowest BCUT2D eigenvalue weighted by Crippen LogP contribution is -2.47. The number of carbonyl (C=O) groups is 1. The second-order valence-corrected chi connectivity index (χ2v) is 12.4. The Labute approximate surface area is 237 Å². The number of anilines is 2. The quantitative estimate of drug-likeness (QED) is 0.180. The largest absolute Gasteiger partial charge is 0.416 e. The summed E-state index contributed by atoms with van der Waals surface area (Å²) in [7, 11) is -1.03. The first-order chi connectivity index (χ1) is 18.8. The lowest BCUT2D eigenvalue weighted by Gasteiger charge is -2.41. The standard InChI is InChI=1S/C25H25ClF4N4O4S2/c1-33(2)22-11-16(15-4-3-5-17(10-15)25(28,29)30)6-7-20(22)32-21-13-19(27)23(12-18(21)26)40(36,37)34(38-14-35)24-31-8-9-39-24/h3-5,8-10,12-14,16,20,22,32H,6-7,11H2,1-2H3/t16-,20-,22-/m0/s1. The van der Waals surface area contributed by atoms with Gasteiger partial charge < -0.3 is 15.1 Å². The maximum absolute atomic E-state index is 15.2. The summed E-state index contributed by atoms with van der Waals surface area (Å²) in [5, 5.41) is 4.33. The van der Waals surface area contributed by atoms with E-state index in [-0.39, 0.29) is 44.8 Å². The van der Waals surface area contributed by atoms with E-state index < -0.39 is 32.5 Å². The van der Waals surface area contributed by atoms with Crippen LogP contribution in [0.4, 0.5) is 28.4 Å². The van der Waals surface area contributed by atoms with Crippen molar-refractivity contribution in [2.75, 3.05) is 23.9 Å². The van der Waals surface area contributed by atoms with Crippen LogP contribution in [0.5, 0.6) is 0 Å². The van der Waals surface area contributed by atoms with Crippen LogP contribution in [0.15, 0.2) is 52.9 Å². The fraction of sp³-hybridized carbons (Fsp3) is 0.360. The predicted octanol–water partition coefficient (Wildman–Crippen LogP) is 5.92. The maximum atomic E-state index is 15.2. The van der Waals surface area contributed by atoms with Crippen molar-refractivity contribution in [3.05, 3.63) is 69.9 Å². The third kappa shape index (κ3) is 6.35. The van der Waals surface area contributed by atoms with Crippen LogP contribution in [0.3, 0.4) is 0 Å². The molecule has 3 aromatic rings. The molecule has 4 rings (SSSR count). The second kappa shape index (κ2) is 11.9. The number of thiazole rings is 1. The molecule has 2 aromatic carbocycles. The van der Waals surface area contributed by atoms with Gasteiger partial charge in [0.25, 0.3) is 0 Å². The minimum Gasteiger partial charge on any atom is -0.379 e. The van der Waals surface area contributed by atoms with Crippen LogP contribution < -0.4 is 9.79 Å². The average molecular weight is 621 g/mol. The van der Waals surface area contributed by atoms with Crippen molar-refractivity contribution in [3.8, 4) is 0 Å². The number of nitrogens with zero attached hydrogens (tertiary/aromatic N) is 3. The zero-order valence-electron chi connectivity index (χ0n) is 21.2. The number of sulfonamides is 1. The van der Waals surface area contributed by atoms with E-state index in [1.54, 1.807) is 6.07 Å². The summed E-state index contributed by atoms with van der Waals surface area (Å²) < 4.78 is 81.4. The Kier molecular flexibility index (Phi) is 8.93. The van der Waals surface area contributed by atoms with Crippen molar-refractivity contribution in [1.29, 1.82) is 0 Å². The molecule has 1 heterocycles. The highest BCUT2D eigenvalue weighted by Gasteiger charge is 2.36. The SMILES string of the molecule is CN(C)[C@H]1C[C@@H](c2cccc(C(F)(F)F)c2)CC[C@@H]1Nc1cc(F)c(S(=O)(=O)N(OC=O)c2nccs2)cc1Cl. The minimum absolute atomic E-state index is 0.0947. The fourth-order valence-electron chi connectivity index (χ4n) is 4.83. The molecule has 15 heteroatoms. The molecule has 1 aromatic heterocycles. The van der Waals surface area contributed by atoms with Crippen molar-refractivity contribution in [1.82, 2.24) is 9.88 Å². The van der Waals surface area contributed by atoms with E-state index in [4.69, 9.17) is 11.6 Å². The number of halogens is 5. The first kappa shape index (κ1) is 30.0. The lowest BCUT2D eigenvalue weighted by molar-refractivity contribution is -0.137. The molecule has 1 aliphatic carbocycles. The van der Waals surface area contributed by atoms with Crippen molar-refractivity contribution in [2.24, 2.45) is 0 Å². The Bertz CT molecular complexity index is 1460. The highest BCUT2D eigenvalue weighted by molar-refractivity contribution is 7.92. The van der Waals surface area contributed by atoms with Gasteiger partial charge in [-0.05, 0) is 63.0 Å². The van der Waals surface area contributed by atoms with Gasteiger partial charge in [0.05, 0.1) is 16.3 Å². The zero-order valence-corrected chi connectivity index (χ0v) is 23.6. The highest BCUT2D eigenvalue weighted by atomic mass is 35.5. The van der Waals surface area contributed by atoms with Crippen LogP contribution in [0.25, 0.3) is 0 Å². The van der Waals surface area contributed by atoms with Gasteiger partial charge in [0.15, 0.2) is 0 Å². The van der Waals surface area contributed by atoms with Crippen LogP contribution in [0.1, 0.15) is 36.3 Å². The second-order valence-electron chi connectivity index (χ2n) is 9.43. The van der Waals surface area contributed by atoms with Crippen molar-refractivity contribution in [2.45, 2.75) is 48.3 Å². The van der Waals surface area contributed by atoms with E-state index in [2.05, 4.69) is 15.1 Å². The number of alkyl halides is 3. The van der Waals surface area contributed by atoms with Gasteiger partial charge >= 0.3 is 22.7 Å². The van der Waals surface area contributed by atoms with E-state index in [0.29, 0.717) is 24.8 Å². The van der Waals surface area contributed by atoms with Crippen molar-refractivity contribution in [3.63, 3.8) is 0 Å². The molecule has 0 saturated heterocycles. The summed E-state index contributed by atoms with van der Waals surface area (Å²) in [4.78, 5) is 20.4. The van der Waals surface area contributed by atoms with Crippen LogP contribution in [-0.4, -0.2) is 51.0 Å². The van der Waals surface area contributed by atoms with Crippen LogP contribution in [-0.2, 0) is 25.8 Å². The fourth-order valence-corrected chi connectivity index (χ4v) is 7.19. The smallest absolute Gasteiger partial charge is 0.379 e. The van der Waals surface area contributed by atoms with Gasteiger partial charge in [-0.1, -0.05) is 34.3 Å². The Morgan fingerprint density at radius 1 is 1.20 bits per heavy atom. The molecular weight excluding hydrogens is 596 g/mol. The van der Waals surface area contributed by atoms with Crippen molar-refractivity contribution >= 4 is 50.3 Å². The number of hydrogen-bond acceptors (Lipinski definition) is 8. The molecule has 8 nitrogen and oxygen atoms in total. The maximum Gasteiger partial charge on any atom is 0.416 e. The molecule has 1 N–H and O–H groups in total. The number of aromatic nitrogens is 1. The van der Waals surface area contributed by atoms with Crippen molar-refractivity contribution < 1.29 is 35.6 Å². The third-order valence-electron chi connectivity index (χ3n) is 6.74. The Morgan fingerprint density at radius 3 is 2.58 bits per heavy atom. The molecule has 40 heavy (non-hydrogen) atoms. The van der Waals surface area contributed by atoms with Crippen LogP contribution >= 0.6 is 22.9 Å². The van der Waals surface area contributed by atoms with Gasteiger partial charge in [-0.25, -0.2) is 9.37 Å². The van der Waals surface area contributed by atoms with Gasteiger partial charge in [-0.15, -0.1) is 11.3 Å². The summed E-state index contributed by atoms with van der Waals surface area (Å²) >= 11 is 7.25. The molecule has 0 spiro atoms. The van der Waals surface area contributed by atoms with Crippen LogP contribution in [0, 0.1) is 5.82 Å². The summed E-state index contributed by atoms with van der Waals surface area (Å²) in [6, 6.07) is 6.76. The number of nitrogens with one attached hydrogen (secondary N) is 1. The molecule has 1 saturated carbocycles. The number of benzene rings is 2. The molecule has 0 aliphatic heterocycles. The monoisotopic (exact) mass is 620 g/mol. The molecule has 0 radical (unpaired) electrons. The molecule has 0 amide bonds. The summed E-state index contributed by atoms with van der Waals surface area (Å²) in [6.07, 6.45) is -1.51. The van der Waals surface area contributed by atoms with Gasteiger partial charge in [0.2, 0.25) is 5.13 Å². The molecule has 216 valence electrons. The van der Waals surface area contributed by atoms with E-state index in [1.165, 1.54) is 23.7 Å². The van der Waals surface area contributed by atoms with E-state index in [1.807, 2.05) is 19.0 Å². The Hall–Kier alpha value is -2.94. The summed E-state index contributed by atoms with van der Waals surface area (Å²) in [5.74, 6) is -1.26. The Balaban J connectivity index is 1.57. The Morgan fingerprint density at radius 2 is 1.95 bits per heavy atom. The molecule has 1 fully saturated rings. The number of hydrogen-bond donors (Lipinski definition) is 1. The third-order valence-corrected chi connectivity index (χ3v) is 9.47. The summed E-state index contributed by atoms with van der Waals surface area (Å²) in [6.45, 7) is -0.120. The topological polar surface area (TPSA) is 91.8 Å². The highest BCUT2D eigenvalue weighted by Crippen LogP contribution is 2.40. The zero-order chi connectivity index (χ0) is 29.2. The van der Waals surface area contributed by atoms with E-state index in [9.17, 15) is 26.4 Å². The van der Waals surface area contributed by atoms with Gasteiger partial charge in [0.1, 0.15) is 10.7 Å². The van der Waals surface area contributed by atoms with E-state index >= 15 is 4.39 Å². The lowest BCUT2D eigenvalue weighted by atomic mass is 9.78. The summed E-state index contributed by atoms with van der Waals surface area (Å²) in [5.41, 5.74) is 0.0431. The number of rotatable bonds is 9. The molecular formula is C25H25ClF4N4O4S2. The number of likely N-dealkylation sites (N-methyl/N-ethyl adjacent to an activating group) is 1. The van der Waals surface area contributed by atoms with Gasteiger partial charge in [-0.3, -0.25) is 4.79 Å². The molecule has 0 unspecified atom stereocenters. The minimum atomic E-state index is -4.71. The molecule has 0 bridgehead atoms. The molecule has 1 aliphatic rings. The molecule has 3 atom stereocenters. The first-order valence-electron chi connectivity index (χ1n) is 12.0. The first-order valence-corrected chi connectivity index (χ1v) is 14.7. The normalized spacial score (nSPS) is 19.9.